The summed E-state index contributed by atoms with van der Waals surface area (Å²) in [5, 5.41) is 74.1. The number of rotatable bonds is 9. The van der Waals surface area contributed by atoms with Crippen molar-refractivity contribution >= 4 is 11.4 Å². The molecule has 19 heteroatoms. The quantitative estimate of drug-likeness (QED) is 0.197. The Morgan fingerprint density at radius 1 is 0.595 bits per heavy atom. The Morgan fingerprint density at radius 3 is 1.30 bits per heavy atom. The second kappa shape index (κ2) is 8.87. The number of anilines is 2. The summed E-state index contributed by atoms with van der Waals surface area (Å²) in [6.45, 7) is 0. The molecule has 0 bridgehead atoms. The standard InChI is InChI=1S/C18H13N7O12/c26-20(27)15-11-12-16(21(28)29,18(24(34)35,25(36)37)17(15,22(30)31)23(32)33)19(13-7-3-1-4-8-13)14-9-5-2-6-10-14/h1-12,15H. The summed E-state index contributed by atoms with van der Waals surface area (Å²) in [5.41, 5.74) is -15.0. The Bertz CT molecular complexity index is 1270. The Morgan fingerprint density at radius 2 is 1.00 bits per heavy atom. The van der Waals surface area contributed by atoms with Crippen molar-refractivity contribution in [2.45, 2.75) is 23.0 Å². The first-order chi connectivity index (χ1) is 17.3. The second-order valence-corrected chi connectivity index (χ2v) is 7.51. The molecular formula is C18H13N7O12. The highest BCUT2D eigenvalue weighted by Crippen LogP contribution is 2.52. The van der Waals surface area contributed by atoms with Gasteiger partial charge in [0, 0.05) is 28.5 Å². The molecule has 2 atom stereocenters. The summed E-state index contributed by atoms with van der Waals surface area (Å²) in [7, 11) is 0. The van der Waals surface area contributed by atoms with Crippen LogP contribution in [-0.4, -0.2) is 52.6 Å². The van der Waals surface area contributed by atoms with E-state index < -0.39 is 52.6 Å². The van der Waals surface area contributed by atoms with Crippen LogP contribution in [0.2, 0.25) is 0 Å². The minimum atomic E-state index is -5.10. The van der Waals surface area contributed by atoms with Gasteiger partial charge in [0.1, 0.15) is 19.7 Å². The van der Waals surface area contributed by atoms with E-state index in [1.807, 2.05) is 0 Å². The molecule has 192 valence electrons. The van der Waals surface area contributed by atoms with Gasteiger partial charge in [0.25, 0.3) is 0 Å². The molecule has 19 nitrogen and oxygen atoms in total. The average molecular weight is 519 g/mol. The molecule has 2 unspecified atom stereocenters. The van der Waals surface area contributed by atoms with E-state index in [-0.39, 0.29) is 23.5 Å². The molecule has 0 amide bonds. The fourth-order valence-electron chi connectivity index (χ4n) is 4.51. The van der Waals surface area contributed by atoms with Gasteiger partial charge in [-0.2, -0.15) is 0 Å². The van der Waals surface area contributed by atoms with Crippen molar-refractivity contribution in [3.05, 3.63) is 134 Å². The maximum absolute atomic E-state index is 12.8. The van der Waals surface area contributed by atoms with Crippen molar-refractivity contribution in [3.63, 3.8) is 0 Å². The minimum Gasteiger partial charge on any atom is -0.263 e. The van der Waals surface area contributed by atoms with Gasteiger partial charge >= 0.3 is 23.0 Å². The van der Waals surface area contributed by atoms with Crippen molar-refractivity contribution in [1.29, 1.82) is 0 Å². The Balaban J connectivity index is 2.74. The van der Waals surface area contributed by atoms with Gasteiger partial charge in [-0.1, -0.05) is 36.4 Å². The first-order valence-electron chi connectivity index (χ1n) is 9.80. The van der Waals surface area contributed by atoms with Crippen LogP contribution in [0.1, 0.15) is 0 Å². The fourth-order valence-corrected chi connectivity index (χ4v) is 4.51. The topological polar surface area (TPSA) is 262 Å². The summed E-state index contributed by atoms with van der Waals surface area (Å²) in [6, 6.07) is 8.88. The van der Waals surface area contributed by atoms with Crippen LogP contribution in [0.25, 0.3) is 0 Å². The highest BCUT2D eigenvalue weighted by Gasteiger charge is 3.11. The summed E-state index contributed by atoms with van der Waals surface area (Å²) in [5.74, 6) is 0. The van der Waals surface area contributed by atoms with Crippen molar-refractivity contribution in [2.24, 2.45) is 0 Å². The molecule has 1 aliphatic rings. The minimum absolute atomic E-state index is 0.0263. The molecule has 0 aliphatic heterocycles. The van der Waals surface area contributed by atoms with Gasteiger partial charge in [-0.15, -0.1) is 0 Å². The number of para-hydroxylation sites is 2. The number of nitro groups is 6. The zero-order valence-corrected chi connectivity index (χ0v) is 18.0. The Hall–Kier alpha value is -5.62. The predicted octanol–water partition coefficient (Wildman–Crippen LogP) is 1.51. The summed E-state index contributed by atoms with van der Waals surface area (Å²) in [6.07, 6.45) is 0.0792. The number of hydrogen-bond acceptors (Lipinski definition) is 13. The van der Waals surface area contributed by atoms with Gasteiger partial charge in [0.05, 0.1) is 4.92 Å². The Kier molecular flexibility index (Phi) is 6.23. The van der Waals surface area contributed by atoms with Crippen LogP contribution in [0.15, 0.2) is 72.8 Å². The van der Waals surface area contributed by atoms with Crippen molar-refractivity contribution < 1.29 is 29.5 Å². The zero-order valence-electron chi connectivity index (χ0n) is 18.0. The molecule has 0 saturated carbocycles. The smallest absolute Gasteiger partial charge is 0.263 e. The molecule has 3 rings (SSSR count). The van der Waals surface area contributed by atoms with Crippen molar-refractivity contribution in [1.82, 2.24) is 0 Å². The van der Waals surface area contributed by atoms with Gasteiger partial charge in [0.15, 0.2) is 0 Å². The molecule has 0 N–H and O–H groups in total. The maximum Gasteiger partial charge on any atom is 0.695 e. The lowest BCUT2D eigenvalue weighted by atomic mass is 9.71. The van der Waals surface area contributed by atoms with Gasteiger partial charge in [-0.3, -0.25) is 65.6 Å². The SMILES string of the molecule is O=[N+]([O-])C1C=CC(N(c2ccccc2)c2ccccc2)([N+](=O)[O-])C([N+](=O)[O-])([N+](=O)[O-])C1([N+](=O)[O-])[N+](=O)[O-]. The van der Waals surface area contributed by atoms with Gasteiger partial charge in [-0.05, 0) is 24.3 Å². The van der Waals surface area contributed by atoms with Gasteiger partial charge < -0.3 is 0 Å². The summed E-state index contributed by atoms with van der Waals surface area (Å²) in [4.78, 5) is 62.3. The molecule has 2 aromatic rings. The summed E-state index contributed by atoms with van der Waals surface area (Å²) >= 11 is 0. The molecular weight excluding hydrogens is 506 g/mol. The predicted molar refractivity (Wildman–Crippen MR) is 118 cm³/mol. The van der Waals surface area contributed by atoms with Crippen LogP contribution in [0.5, 0.6) is 0 Å². The lowest BCUT2D eigenvalue weighted by Gasteiger charge is -2.40. The molecule has 0 fully saturated rings. The molecule has 0 saturated heterocycles. The van der Waals surface area contributed by atoms with Crippen molar-refractivity contribution in [2.75, 3.05) is 4.90 Å². The maximum atomic E-state index is 12.8. The molecule has 0 heterocycles. The van der Waals surface area contributed by atoms with E-state index in [1.54, 1.807) is 0 Å². The third-order valence-electron chi connectivity index (χ3n) is 5.91. The number of hydrogen-bond donors (Lipinski definition) is 0. The molecule has 0 aromatic heterocycles. The van der Waals surface area contributed by atoms with Crippen LogP contribution in [0.4, 0.5) is 11.4 Å². The number of nitrogens with zero attached hydrogens (tertiary/aromatic N) is 7. The zero-order chi connectivity index (χ0) is 27.8. The third kappa shape index (κ3) is 3.13. The highest BCUT2D eigenvalue weighted by atomic mass is 16.7. The van der Waals surface area contributed by atoms with Crippen LogP contribution in [-0.2, 0) is 0 Å². The van der Waals surface area contributed by atoms with E-state index in [4.69, 9.17) is 0 Å². The first kappa shape index (κ1) is 26.0. The third-order valence-corrected chi connectivity index (χ3v) is 5.91. The van der Waals surface area contributed by atoms with Crippen LogP contribution < -0.4 is 4.90 Å². The van der Waals surface area contributed by atoms with E-state index in [1.165, 1.54) is 36.4 Å². The van der Waals surface area contributed by atoms with E-state index >= 15 is 0 Å². The largest absolute Gasteiger partial charge is 0.695 e. The molecule has 1 aliphatic carbocycles. The van der Waals surface area contributed by atoms with Gasteiger partial charge in [0.2, 0.25) is 0 Å². The summed E-state index contributed by atoms with van der Waals surface area (Å²) < 4.78 is 0. The molecule has 0 spiro atoms. The van der Waals surface area contributed by atoms with Gasteiger partial charge in [-0.25, -0.2) is 0 Å². The van der Waals surface area contributed by atoms with E-state index in [9.17, 15) is 60.7 Å². The van der Waals surface area contributed by atoms with Crippen molar-refractivity contribution in [3.8, 4) is 0 Å². The highest BCUT2D eigenvalue weighted by molar-refractivity contribution is 5.67. The lowest BCUT2D eigenvalue weighted by Crippen LogP contribution is -2.89. The van der Waals surface area contributed by atoms with E-state index in [2.05, 4.69) is 0 Å². The van der Waals surface area contributed by atoms with E-state index in [0.29, 0.717) is 4.90 Å². The van der Waals surface area contributed by atoms with E-state index in [0.717, 1.165) is 24.3 Å². The average Bonchev–Trinajstić information content (AvgIpc) is 2.83. The molecule has 37 heavy (non-hydrogen) atoms. The molecule has 0 radical (unpaired) electrons. The van der Waals surface area contributed by atoms with Crippen LogP contribution >= 0.6 is 0 Å². The fraction of sp³-hybridized carbons (Fsp3) is 0.222. The van der Waals surface area contributed by atoms with Crippen LogP contribution in [0.3, 0.4) is 0 Å². The first-order valence-corrected chi connectivity index (χ1v) is 9.80. The number of benzene rings is 2. The Labute approximate surface area is 203 Å². The normalized spacial score (nSPS) is 21.4. The monoisotopic (exact) mass is 519 g/mol. The second-order valence-electron chi connectivity index (χ2n) is 7.51. The lowest BCUT2D eigenvalue weighted by molar-refractivity contribution is -0.975. The van der Waals surface area contributed by atoms with Crippen LogP contribution in [0, 0.1) is 60.7 Å². The molecule has 2 aromatic carbocycles.